The summed E-state index contributed by atoms with van der Waals surface area (Å²) in [4.78, 5) is 4.27. The van der Waals surface area contributed by atoms with Gasteiger partial charge in [-0.15, -0.1) is 0 Å². The Hall–Kier alpha value is -1.39. The molecule has 2 N–H and O–H groups in total. The zero-order valence-electron chi connectivity index (χ0n) is 11.3. The van der Waals surface area contributed by atoms with Crippen LogP contribution >= 0.6 is 11.6 Å². The van der Waals surface area contributed by atoms with E-state index in [0.29, 0.717) is 11.4 Å². The average molecular weight is 279 g/mol. The van der Waals surface area contributed by atoms with Crippen LogP contribution in [0.1, 0.15) is 37.0 Å². The molecule has 4 nitrogen and oxygen atoms in total. The minimum Gasteiger partial charge on any atom is -0.322 e. The number of nitrogens with two attached hydrogens (primary N) is 1. The zero-order valence-corrected chi connectivity index (χ0v) is 12.1. The van der Waals surface area contributed by atoms with E-state index in [9.17, 15) is 0 Å². The lowest BCUT2D eigenvalue weighted by Gasteiger charge is -2.13. The van der Waals surface area contributed by atoms with Crippen molar-refractivity contribution in [1.29, 1.82) is 0 Å². The average Bonchev–Trinajstić information content (AvgIpc) is 2.81. The first kappa shape index (κ1) is 14.0. The molecule has 1 atom stereocenters. The maximum atomic E-state index is 6.21. The summed E-state index contributed by atoms with van der Waals surface area (Å²) >= 11 is 6.13. The van der Waals surface area contributed by atoms with Crippen molar-refractivity contribution in [1.82, 2.24) is 14.8 Å². The van der Waals surface area contributed by atoms with E-state index in [0.717, 1.165) is 30.0 Å². The summed E-state index contributed by atoms with van der Waals surface area (Å²) in [5.74, 6) is 0. The second-order valence-corrected chi connectivity index (χ2v) is 4.88. The monoisotopic (exact) mass is 278 g/mol. The predicted molar refractivity (Wildman–Crippen MR) is 77.2 cm³/mol. The summed E-state index contributed by atoms with van der Waals surface area (Å²) in [6.07, 6.45) is 3.34. The number of rotatable bonds is 5. The van der Waals surface area contributed by atoms with Crippen molar-refractivity contribution in [2.75, 3.05) is 0 Å². The van der Waals surface area contributed by atoms with E-state index < -0.39 is 0 Å². The van der Waals surface area contributed by atoms with Crippen LogP contribution in [-0.2, 0) is 19.4 Å². The lowest BCUT2D eigenvalue weighted by molar-refractivity contribution is 0.580. The number of pyridine rings is 1. The molecule has 0 aromatic carbocycles. The Labute approximate surface area is 118 Å². The van der Waals surface area contributed by atoms with E-state index in [1.54, 1.807) is 6.20 Å². The molecule has 0 amide bonds. The molecule has 0 spiro atoms. The largest absolute Gasteiger partial charge is 0.322 e. The van der Waals surface area contributed by atoms with Crippen LogP contribution in [0.5, 0.6) is 0 Å². The SMILES string of the molecule is CCc1cc(CC(N)c2ncccc2Cl)n(CC)n1. The van der Waals surface area contributed by atoms with Crippen molar-refractivity contribution in [2.24, 2.45) is 5.73 Å². The molecule has 0 aliphatic rings. The molecule has 0 radical (unpaired) electrons. The summed E-state index contributed by atoms with van der Waals surface area (Å²) in [5.41, 5.74) is 9.18. The molecule has 0 saturated carbocycles. The number of halogens is 1. The fourth-order valence-corrected chi connectivity index (χ4v) is 2.38. The number of aryl methyl sites for hydroxylation is 2. The molecule has 2 heterocycles. The predicted octanol–water partition coefficient (Wildman–Crippen LogP) is 2.76. The maximum absolute atomic E-state index is 6.21. The van der Waals surface area contributed by atoms with Gasteiger partial charge in [0.2, 0.25) is 0 Å². The topological polar surface area (TPSA) is 56.7 Å². The Morgan fingerprint density at radius 3 is 2.84 bits per heavy atom. The molecule has 0 saturated heterocycles. The van der Waals surface area contributed by atoms with Crippen LogP contribution in [-0.4, -0.2) is 14.8 Å². The van der Waals surface area contributed by atoms with Crippen LogP contribution in [0, 0.1) is 0 Å². The van der Waals surface area contributed by atoms with Crippen LogP contribution in [0.4, 0.5) is 0 Å². The third kappa shape index (κ3) is 3.14. The van der Waals surface area contributed by atoms with Crippen molar-refractivity contribution in [3.63, 3.8) is 0 Å². The molecule has 5 heteroatoms. The normalized spacial score (nSPS) is 12.6. The van der Waals surface area contributed by atoms with Crippen molar-refractivity contribution in [3.8, 4) is 0 Å². The fourth-order valence-electron chi connectivity index (χ4n) is 2.12. The Bertz CT molecular complexity index is 550. The van der Waals surface area contributed by atoms with Gasteiger partial charge in [0.05, 0.1) is 22.5 Å². The van der Waals surface area contributed by atoms with Crippen molar-refractivity contribution >= 4 is 11.6 Å². The van der Waals surface area contributed by atoms with E-state index in [1.807, 2.05) is 16.8 Å². The number of hydrogen-bond acceptors (Lipinski definition) is 3. The highest BCUT2D eigenvalue weighted by atomic mass is 35.5. The molecule has 2 aromatic rings. The minimum absolute atomic E-state index is 0.208. The van der Waals surface area contributed by atoms with Gasteiger partial charge in [-0.05, 0) is 31.5 Å². The molecular weight excluding hydrogens is 260 g/mol. The summed E-state index contributed by atoms with van der Waals surface area (Å²) in [6, 6.07) is 5.53. The Morgan fingerprint density at radius 1 is 1.42 bits per heavy atom. The van der Waals surface area contributed by atoms with Crippen LogP contribution < -0.4 is 5.73 Å². The molecular formula is C14H19ClN4. The first-order valence-corrected chi connectivity index (χ1v) is 6.95. The van der Waals surface area contributed by atoms with Crippen LogP contribution in [0.3, 0.4) is 0 Å². The van der Waals surface area contributed by atoms with E-state index in [4.69, 9.17) is 17.3 Å². The Balaban J connectivity index is 2.21. The van der Waals surface area contributed by atoms with E-state index >= 15 is 0 Å². The highest BCUT2D eigenvalue weighted by Gasteiger charge is 2.15. The number of aromatic nitrogens is 3. The first-order valence-electron chi connectivity index (χ1n) is 6.57. The second-order valence-electron chi connectivity index (χ2n) is 4.48. The number of nitrogens with zero attached hydrogens (tertiary/aromatic N) is 3. The molecule has 2 rings (SSSR count). The summed E-state index contributed by atoms with van der Waals surface area (Å²) < 4.78 is 2.00. The van der Waals surface area contributed by atoms with Crippen LogP contribution in [0.25, 0.3) is 0 Å². The van der Waals surface area contributed by atoms with Crippen molar-refractivity contribution < 1.29 is 0 Å². The quantitative estimate of drug-likeness (QED) is 0.915. The highest BCUT2D eigenvalue weighted by molar-refractivity contribution is 6.31. The van der Waals surface area contributed by atoms with E-state index in [1.165, 1.54) is 0 Å². The Kier molecular flexibility index (Phi) is 4.56. The molecule has 0 aliphatic heterocycles. The molecule has 1 unspecified atom stereocenters. The zero-order chi connectivity index (χ0) is 13.8. The molecule has 0 aliphatic carbocycles. The van der Waals surface area contributed by atoms with Gasteiger partial charge in [0.15, 0.2) is 0 Å². The lowest BCUT2D eigenvalue weighted by Crippen LogP contribution is -2.17. The van der Waals surface area contributed by atoms with Gasteiger partial charge < -0.3 is 5.73 Å². The fraction of sp³-hybridized carbons (Fsp3) is 0.429. The van der Waals surface area contributed by atoms with Gasteiger partial charge in [0, 0.05) is 24.9 Å². The standard InChI is InChI=1S/C14H19ClN4/c1-3-10-8-11(19(4-2)18-10)9-13(16)14-12(15)6-5-7-17-14/h5-8,13H,3-4,9,16H2,1-2H3. The first-order chi connectivity index (χ1) is 9.15. The van der Waals surface area contributed by atoms with E-state index in [2.05, 4.69) is 30.0 Å². The van der Waals surface area contributed by atoms with Gasteiger partial charge in [-0.1, -0.05) is 18.5 Å². The third-order valence-corrected chi connectivity index (χ3v) is 3.46. The van der Waals surface area contributed by atoms with Gasteiger partial charge >= 0.3 is 0 Å². The van der Waals surface area contributed by atoms with Gasteiger partial charge in [-0.25, -0.2) is 0 Å². The van der Waals surface area contributed by atoms with Crippen LogP contribution in [0.2, 0.25) is 5.02 Å². The highest BCUT2D eigenvalue weighted by Crippen LogP contribution is 2.22. The van der Waals surface area contributed by atoms with E-state index in [-0.39, 0.29) is 6.04 Å². The number of hydrogen-bond donors (Lipinski definition) is 1. The molecule has 0 bridgehead atoms. The van der Waals surface area contributed by atoms with Gasteiger partial charge in [0.1, 0.15) is 0 Å². The molecule has 19 heavy (non-hydrogen) atoms. The second kappa shape index (κ2) is 6.17. The minimum atomic E-state index is -0.208. The van der Waals surface area contributed by atoms with Gasteiger partial charge in [-0.3, -0.25) is 9.67 Å². The van der Waals surface area contributed by atoms with Crippen LogP contribution in [0.15, 0.2) is 24.4 Å². The molecule has 2 aromatic heterocycles. The summed E-state index contributed by atoms with van der Waals surface area (Å²) in [6.45, 7) is 5.02. The maximum Gasteiger partial charge on any atom is 0.0760 e. The lowest BCUT2D eigenvalue weighted by atomic mass is 10.1. The summed E-state index contributed by atoms with van der Waals surface area (Å²) in [5, 5.41) is 5.14. The molecule has 102 valence electrons. The van der Waals surface area contributed by atoms with Crippen molar-refractivity contribution in [3.05, 3.63) is 46.5 Å². The summed E-state index contributed by atoms with van der Waals surface area (Å²) in [7, 11) is 0. The third-order valence-electron chi connectivity index (χ3n) is 3.14. The Morgan fingerprint density at radius 2 is 2.21 bits per heavy atom. The van der Waals surface area contributed by atoms with Gasteiger partial charge in [-0.2, -0.15) is 5.10 Å². The molecule has 0 fully saturated rings. The van der Waals surface area contributed by atoms with Gasteiger partial charge in [0.25, 0.3) is 0 Å². The smallest absolute Gasteiger partial charge is 0.0760 e. The van der Waals surface area contributed by atoms with Crippen molar-refractivity contribution in [2.45, 2.75) is 39.3 Å².